The second-order valence-corrected chi connectivity index (χ2v) is 16.9. The maximum Gasteiger partial charge on any atom is 0.472 e. The summed E-state index contributed by atoms with van der Waals surface area (Å²) in [6, 6.07) is 0. The number of hydrogen-bond acceptors (Lipinski definition) is 9. The molecule has 1 unspecified atom stereocenters. The molecule has 61 heavy (non-hydrogen) atoms. The van der Waals surface area contributed by atoms with Gasteiger partial charge in [-0.05, 0) is 83.5 Å². The minimum atomic E-state index is -4.64. The fourth-order valence-electron chi connectivity index (χ4n) is 5.89. The van der Waals surface area contributed by atoms with Crippen molar-refractivity contribution in [3.63, 3.8) is 0 Å². The fraction of sp³-hybridized carbons (Fsp3) is 0.680. The lowest BCUT2D eigenvalue weighted by Crippen LogP contribution is -2.29. The van der Waals surface area contributed by atoms with Crippen LogP contribution >= 0.6 is 7.82 Å². The zero-order chi connectivity index (χ0) is 44.8. The number of ether oxygens (including phenoxy) is 2. The third-order valence-electron chi connectivity index (χ3n) is 9.54. The third-order valence-corrected chi connectivity index (χ3v) is 10.5. The highest BCUT2D eigenvalue weighted by molar-refractivity contribution is 7.47. The van der Waals surface area contributed by atoms with Gasteiger partial charge in [-0.25, -0.2) is 4.57 Å². The van der Waals surface area contributed by atoms with E-state index in [0.29, 0.717) is 12.8 Å². The van der Waals surface area contributed by atoms with Crippen LogP contribution in [0.15, 0.2) is 85.1 Å². The number of hydrogen-bond donors (Lipinski definition) is 3. The number of unbranched alkanes of at least 4 members (excludes halogenated alkanes) is 15. The lowest BCUT2D eigenvalue weighted by atomic mass is 10.1. The van der Waals surface area contributed by atoms with E-state index in [0.717, 1.165) is 57.8 Å². The zero-order valence-electron chi connectivity index (χ0n) is 38.1. The Bertz CT molecular complexity index is 1280. The van der Waals surface area contributed by atoms with Crippen molar-refractivity contribution in [2.45, 2.75) is 193 Å². The van der Waals surface area contributed by atoms with E-state index in [1.807, 2.05) is 12.2 Å². The minimum Gasteiger partial charge on any atom is -0.462 e. The Kier molecular flexibility index (Phi) is 43.1. The number of carbonyl (C=O) groups is 2. The van der Waals surface area contributed by atoms with Crippen LogP contribution in [0.3, 0.4) is 0 Å². The zero-order valence-corrected chi connectivity index (χ0v) is 39.0. The summed E-state index contributed by atoms with van der Waals surface area (Å²) in [7, 11) is -4.64. The highest BCUT2D eigenvalue weighted by atomic mass is 31.2. The molecule has 0 saturated heterocycles. The van der Waals surface area contributed by atoms with Crippen LogP contribution in [-0.2, 0) is 32.7 Å². The molecular weight excluding hydrogens is 792 g/mol. The molecule has 0 spiro atoms. The maximum absolute atomic E-state index is 12.6. The van der Waals surface area contributed by atoms with Gasteiger partial charge in [-0.15, -0.1) is 0 Å². The van der Waals surface area contributed by atoms with Gasteiger partial charge in [0.05, 0.1) is 19.8 Å². The number of aliphatic hydroxyl groups excluding tert-OH is 2. The van der Waals surface area contributed by atoms with E-state index in [9.17, 15) is 24.2 Å². The van der Waals surface area contributed by atoms with E-state index >= 15 is 0 Å². The first-order valence-electron chi connectivity index (χ1n) is 23.5. The largest absolute Gasteiger partial charge is 0.472 e. The maximum atomic E-state index is 12.6. The highest BCUT2D eigenvalue weighted by Gasteiger charge is 2.27. The molecule has 0 fully saturated rings. The normalized spacial score (nSPS) is 14.5. The minimum absolute atomic E-state index is 0.113. The van der Waals surface area contributed by atoms with Gasteiger partial charge in [0.15, 0.2) is 6.10 Å². The summed E-state index contributed by atoms with van der Waals surface area (Å²) in [6.45, 7) is 2.24. The number of rotatable bonds is 43. The van der Waals surface area contributed by atoms with E-state index in [1.165, 1.54) is 83.5 Å². The van der Waals surface area contributed by atoms with Crippen molar-refractivity contribution in [1.82, 2.24) is 0 Å². The van der Waals surface area contributed by atoms with Crippen LogP contribution in [0, 0.1) is 0 Å². The van der Waals surface area contributed by atoms with E-state index < -0.39 is 51.8 Å². The number of carbonyl (C=O) groups excluding carboxylic acids is 2. The van der Waals surface area contributed by atoms with Crippen LogP contribution in [-0.4, -0.2) is 65.7 Å². The van der Waals surface area contributed by atoms with Gasteiger partial charge < -0.3 is 24.6 Å². The summed E-state index contributed by atoms with van der Waals surface area (Å²) in [5.41, 5.74) is 0. The van der Waals surface area contributed by atoms with Crippen LogP contribution in [0.1, 0.15) is 181 Å². The summed E-state index contributed by atoms with van der Waals surface area (Å²) in [5.74, 6) is -1.03. The Morgan fingerprint density at radius 3 is 1.34 bits per heavy atom. The van der Waals surface area contributed by atoms with Gasteiger partial charge in [0.2, 0.25) is 0 Å². The van der Waals surface area contributed by atoms with Crippen LogP contribution in [0.25, 0.3) is 0 Å². The summed E-state index contributed by atoms with van der Waals surface area (Å²) in [4.78, 5) is 35.1. The molecule has 3 N–H and O–H groups in total. The molecule has 0 aliphatic rings. The Balaban J connectivity index is 4.38. The Morgan fingerprint density at radius 2 is 0.885 bits per heavy atom. The van der Waals surface area contributed by atoms with Gasteiger partial charge in [-0.1, -0.05) is 170 Å². The first-order valence-corrected chi connectivity index (χ1v) is 25.0. The van der Waals surface area contributed by atoms with Crippen LogP contribution in [0.2, 0.25) is 0 Å². The molecule has 0 bridgehead atoms. The fourth-order valence-corrected chi connectivity index (χ4v) is 6.68. The van der Waals surface area contributed by atoms with E-state index in [1.54, 1.807) is 0 Å². The lowest BCUT2D eigenvalue weighted by molar-refractivity contribution is -0.161. The van der Waals surface area contributed by atoms with Gasteiger partial charge in [0.1, 0.15) is 12.7 Å². The summed E-state index contributed by atoms with van der Waals surface area (Å²) >= 11 is 0. The van der Waals surface area contributed by atoms with Crippen LogP contribution in [0.5, 0.6) is 0 Å². The van der Waals surface area contributed by atoms with Gasteiger partial charge in [0.25, 0.3) is 0 Å². The van der Waals surface area contributed by atoms with Crippen molar-refractivity contribution >= 4 is 19.8 Å². The molecule has 0 aromatic carbocycles. The molecule has 0 aliphatic heterocycles. The van der Waals surface area contributed by atoms with Crippen molar-refractivity contribution < 1.29 is 47.8 Å². The van der Waals surface area contributed by atoms with Gasteiger partial charge in [0, 0.05) is 12.8 Å². The molecule has 11 heteroatoms. The molecular formula is C50H85O10P. The van der Waals surface area contributed by atoms with Crippen LogP contribution < -0.4 is 0 Å². The molecule has 0 rings (SSSR count). The molecule has 0 amide bonds. The molecule has 0 aliphatic carbocycles. The number of esters is 2. The number of allylic oxidation sites excluding steroid dienone is 14. The highest BCUT2D eigenvalue weighted by Crippen LogP contribution is 2.43. The van der Waals surface area contributed by atoms with E-state index in [-0.39, 0.29) is 19.4 Å². The number of phosphoric acid groups is 1. The molecule has 3 atom stereocenters. The molecule has 10 nitrogen and oxygen atoms in total. The predicted octanol–water partition coefficient (Wildman–Crippen LogP) is 13.0. The second-order valence-electron chi connectivity index (χ2n) is 15.4. The average molecular weight is 877 g/mol. The van der Waals surface area contributed by atoms with Gasteiger partial charge in [-0.3, -0.25) is 18.6 Å². The topological polar surface area (TPSA) is 149 Å². The molecule has 0 radical (unpaired) electrons. The molecule has 0 aromatic heterocycles. The van der Waals surface area contributed by atoms with Crippen molar-refractivity contribution in [2.75, 3.05) is 26.4 Å². The van der Waals surface area contributed by atoms with Crippen molar-refractivity contribution in [2.24, 2.45) is 0 Å². The summed E-state index contributed by atoms with van der Waals surface area (Å²) < 4.78 is 32.7. The first-order chi connectivity index (χ1) is 29.7. The Hall–Kier alpha value is -2.85. The summed E-state index contributed by atoms with van der Waals surface area (Å²) in [6.07, 6.45) is 54.1. The van der Waals surface area contributed by atoms with Crippen molar-refractivity contribution in [1.29, 1.82) is 0 Å². The number of phosphoric ester groups is 1. The Labute approximate surface area is 371 Å². The average Bonchev–Trinajstić information content (AvgIpc) is 3.25. The van der Waals surface area contributed by atoms with Gasteiger partial charge in [-0.2, -0.15) is 0 Å². The van der Waals surface area contributed by atoms with Crippen molar-refractivity contribution in [3.05, 3.63) is 85.1 Å². The van der Waals surface area contributed by atoms with Gasteiger partial charge >= 0.3 is 19.8 Å². The van der Waals surface area contributed by atoms with E-state index in [4.69, 9.17) is 19.1 Å². The monoisotopic (exact) mass is 877 g/mol. The molecule has 0 aromatic rings. The summed E-state index contributed by atoms with van der Waals surface area (Å²) in [5, 5.41) is 18.4. The first kappa shape index (κ1) is 58.1. The molecule has 0 saturated carbocycles. The second kappa shape index (κ2) is 45.2. The predicted molar refractivity (Wildman–Crippen MR) is 251 cm³/mol. The molecule has 350 valence electrons. The molecule has 0 heterocycles. The lowest BCUT2D eigenvalue weighted by Gasteiger charge is -2.20. The standard InChI is InChI=1S/C50H85O10P/c1-3-5-7-9-11-13-15-17-19-21-23-25-27-29-31-33-35-37-39-41-49(53)57-45-48(46-59-61(55,56)58-44-47(52)43-51)60-50(54)42-40-38-36-34-32-30-28-26-24-22-20-18-16-14-12-10-8-6-4-2/h11-14,17-20,23,25,29,31,35,37,47-48,51-52H,3-10,15-16,21-22,24,26-28,30,32-34,36,38-46H2,1-2H3,(H,55,56)/b13-11+,14-12+,19-17+,20-18+,25-23+,31-29+,37-35+/t47-,48+/m0/s1. The van der Waals surface area contributed by atoms with Crippen LogP contribution in [0.4, 0.5) is 0 Å². The third kappa shape index (κ3) is 45.0. The SMILES string of the molecule is CCCCC/C=C/C/C=C/C/C=C/C/C=C/C/C=C/CCC(=O)OC[C@H](COP(=O)(O)OC[C@@H](O)CO)OC(=O)CCCCCCCCCCC/C=C/C/C=C/CCCCC. The number of aliphatic hydroxyl groups is 2. The van der Waals surface area contributed by atoms with E-state index in [2.05, 4.69) is 91.3 Å². The van der Waals surface area contributed by atoms with Crippen molar-refractivity contribution in [3.8, 4) is 0 Å². The quantitative estimate of drug-likeness (QED) is 0.0234. The Morgan fingerprint density at radius 1 is 0.492 bits per heavy atom. The smallest absolute Gasteiger partial charge is 0.462 e.